The maximum atomic E-state index is 8.48. The van der Waals surface area contributed by atoms with Gasteiger partial charge in [0.15, 0.2) is 0 Å². The fraction of sp³-hybridized carbons (Fsp3) is 0.200. The van der Waals surface area contributed by atoms with E-state index in [1.54, 1.807) is 0 Å². The van der Waals surface area contributed by atoms with Crippen LogP contribution in [0, 0.1) is 9.89 Å². The zero-order chi connectivity index (χ0) is 8.65. The predicted octanol–water partition coefficient (Wildman–Crippen LogP) is 0.359. The van der Waals surface area contributed by atoms with Crippen LogP contribution < -0.4 is 3.61 Å². The Balaban J connectivity index is 2.40. The van der Waals surface area contributed by atoms with Gasteiger partial charge in [0.05, 0.1) is 0 Å². The van der Waals surface area contributed by atoms with Gasteiger partial charge >= 0.3 is 82.9 Å². The van der Waals surface area contributed by atoms with Crippen molar-refractivity contribution in [1.29, 1.82) is 0 Å². The third-order valence-corrected chi connectivity index (χ3v) is 3.37. The third-order valence-electron chi connectivity index (χ3n) is 1.22. The van der Waals surface area contributed by atoms with Crippen LogP contribution in [0.1, 0.15) is 6.42 Å². The molecule has 1 aromatic rings. The Hall–Kier alpha value is -0.470. The zero-order valence-electron chi connectivity index (χ0n) is 6.66. The van der Waals surface area contributed by atoms with E-state index in [-0.39, 0.29) is 27.5 Å². The normalized spacial score (nSPS) is 8.75. The molecule has 0 radical (unpaired) electrons. The van der Waals surface area contributed by atoms with Gasteiger partial charge < -0.3 is 0 Å². The molecule has 0 amide bonds. The van der Waals surface area contributed by atoms with Crippen molar-refractivity contribution in [3.8, 4) is 9.89 Å². The SMILES string of the molecule is OCCC#C[Te]c1ccccc1. The van der Waals surface area contributed by atoms with Crippen molar-refractivity contribution in [2.24, 2.45) is 0 Å². The van der Waals surface area contributed by atoms with Crippen LogP contribution in [-0.2, 0) is 0 Å². The molecule has 1 N–H and O–H groups in total. The molecule has 1 nitrogen and oxygen atoms in total. The topological polar surface area (TPSA) is 20.2 Å². The molecule has 0 atom stereocenters. The molecular weight excluding hydrogens is 264 g/mol. The molecule has 0 fully saturated rings. The first kappa shape index (κ1) is 9.62. The molecule has 0 aliphatic carbocycles. The molecular formula is C10H10OTe. The molecule has 0 spiro atoms. The van der Waals surface area contributed by atoms with Crippen molar-refractivity contribution in [1.82, 2.24) is 0 Å². The molecule has 0 aliphatic rings. The number of rotatable bonds is 2. The van der Waals surface area contributed by atoms with Gasteiger partial charge in [-0.25, -0.2) is 0 Å². The minimum atomic E-state index is -0.328. The molecule has 0 aromatic heterocycles. The second-order valence-electron chi connectivity index (χ2n) is 2.17. The van der Waals surface area contributed by atoms with E-state index in [2.05, 4.69) is 22.0 Å². The molecule has 2 heteroatoms. The standard InChI is InChI=1S/C10H10OTe/c11-8-4-5-9-12-10-6-2-1-3-7-10/h1-3,6-7,11H,4,8H2. The van der Waals surface area contributed by atoms with Gasteiger partial charge in [-0.1, -0.05) is 0 Å². The van der Waals surface area contributed by atoms with Crippen LogP contribution in [0.4, 0.5) is 0 Å². The van der Waals surface area contributed by atoms with Crippen LogP contribution in [0.2, 0.25) is 0 Å². The first-order valence-corrected chi connectivity index (χ1v) is 6.07. The first-order valence-electron chi connectivity index (χ1n) is 3.74. The number of hydrogen-bond acceptors (Lipinski definition) is 1. The van der Waals surface area contributed by atoms with Gasteiger partial charge in [-0.05, 0) is 0 Å². The van der Waals surface area contributed by atoms with Crippen LogP contribution in [0.3, 0.4) is 0 Å². The van der Waals surface area contributed by atoms with Gasteiger partial charge in [0.25, 0.3) is 0 Å². The second-order valence-corrected chi connectivity index (χ2v) is 4.68. The number of hydrogen-bond donors (Lipinski definition) is 1. The quantitative estimate of drug-likeness (QED) is 0.609. The van der Waals surface area contributed by atoms with Crippen LogP contribution in [-0.4, -0.2) is 32.6 Å². The average molecular weight is 274 g/mol. The van der Waals surface area contributed by atoms with E-state index in [1.165, 1.54) is 3.61 Å². The van der Waals surface area contributed by atoms with Crippen molar-refractivity contribution in [3.63, 3.8) is 0 Å². The van der Waals surface area contributed by atoms with Gasteiger partial charge in [0.2, 0.25) is 0 Å². The third kappa shape index (κ3) is 3.79. The number of benzene rings is 1. The Kier molecular flexibility index (Phi) is 4.88. The molecule has 0 unspecified atom stereocenters. The van der Waals surface area contributed by atoms with Crippen LogP contribution >= 0.6 is 0 Å². The van der Waals surface area contributed by atoms with Gasteiger partial charge in [0, 0.05) is 0 Å². The van der Waals surface area contributed by atoms with Crippen LogP contribution in [0.5, 0.6) is 0 Å². The van der Waals surface area contributed by atoms with E-state index in [0.717, 1.165) is 0 Å². The molecule has 62 valence electrons. The van der Waals surface area contributed by atoms with Gasteiger partial charge in [0.1, 0.15) is 0 Å². The van der Waals surface area contributed by atoms with Crippen molar-refractivity contribution in [2.75, 3.05) is 6.61 Å². The number of aliphatic hydroxyl groups excluding tert-OH is 1. The fourth-order valence-electron chi connectivity index (χ4n) is 0.690. The van der Waals surface area contributed by atoms with Gasteiger partial charge in [-0.15, -0.1) is 0 Å². The van der Waals surface area contributed by atoms with E-state index in [4.69, 9.17) is 5.11 Å². The van der Waals surface area contributed by atoms with Gasteiger partial charge in [-0.2, -0.15) is 0 Å². The Morgan fingerprint density at radius 1 is 1.25 bits per heavy atom. The summed E-state index contributed by atoms with van der Waals surface area (Å²) in [5, 5.41) is 8.48. The molecule has 0 saturated carbocycles. The maximum absolute atomic E-state index is 8.48. The summed E-state index contributed by atoms with van der Waals surface area (Å²) in [6.07, 6.45) is 0.609. The molecule has 0 aliphatic heterocycles. The monoisotopic (exact) mass is 276 g/mol. The van der Waals surface area contributed by atoms with Crippen molar-refractivity contribution in [2.45, 2.75) is 6.42 Å². The second kappa shape index (κ2) is 6.09. The predicted molar refractivity (Wildman–Crippen MR) is 51.3 cm³/mol. The van der Waals surface area contributed by atoms with E-state index < -0.39 is 0 Å². The van der Waals surface area contributed by atoms with E-state index in [9.17, 15) is 0 Å². The van der Waals surface area contributed by atoms with Crippen molar-refractivity contribution in [3.05, 3.63) is 30.3 Å². The molecule has 1 rings (SSSR count). The fourth-order valence-corrected chi connectivity index (χ4v) is 2.36. The van der Waals surface area contributed by atoms with E-state index in [1.807, 2.05) is 18.2 Å². The van der Waals surface area contributed by atoms with Crippen molar-refractivity contribution < 1.29 is 5.11 Å². The van der Waals surface area contributed by atoms with Crippen LogP contribution in [0.15, 0.2) is 30.3 Å². The Morgan fingerprint density at radius 3 is 2.67 bits per heavy atom. The Bertz CT molecular complexity index is 271. The molecule has 12 heavy (non-hydrogen) atoms. The molecule has 0 bridgehead atoms. The van der Waals surface area contributed by atoms with E-state index >= 15 is 0 Å². The Labute approximate surface area is 82.9 Å². The van der Waals surface area contributed by atoms with Crippen molar-refractivity contribution >= 4 is 24.5 Å². The number of aliphatic hydroxyl groups is 1. The summed E-state index contributed by atoms with van der Waals surface area (Å²) in [4.78, 5) is 0. The summed E-state index contributed by atoms with van der Waals surface area (Å²) in [6, 6.07) is 10.3. The zero-order valence-corrected chi connectivity index (χ0v) is 8.99. The summed E-state index contributed by atoms with van der Waals surface area (Å²) in [5.74, 6) is 2.94. The summed E-state index contributed by atoms with van der Waals surface area (Å²) < 4.78 is 4.48. The van der Waals surface area contributed by atoms with Crippen LogP contribution in [0.25, 0.3) is 0 Å². The Morgan fingerprint density at radius 2 is 2.00 bits per heavy atom. The first-order chi connectivity index (χ1) is 5.93. The summed E-state index contributed by atoms with van der Waals surface area (Å²) in [5.41, 5.74) is 0. The summed E-state index contributed by atoms with van der Waals surface area (Å²) in [6.45, 7) is 0.175. The summed E-state index contributed by atoms with van der Waals surface area (Å²) >= 11 is -0.328. The van der Waals surface area contributed by atoms with E-state index in [0.29, 0.717) is 6.42 Å². The summed E-state index contributed by atoms with van der Waals surface area (Å²) in [7, 11) is 0. The molecule has 1 aromatic carbocycles. The molecule has 0 saturated heterocycles. The minimum absolute atomic E-state index is 0.175. The average Bonchev–Trinajstić information content (AvgIpc) is 2.14. The molecule has 0 heterocycles. The van der Waals surface area contributed by atoms with Gasteiger partial charge in [-0.3, -0.25) is 0 Å².